The van der Waals surface area contributed by atoms with E-state index in [-0.39, 0.29) is 5.82 Å². The van der Waals surface area contributed by atoms with Crippen molar-refractivity contribution in [3.05, 3.63) is 24.0 Å². The standard InChI is InChI=1S/C10H12FNS.C2H6/c1-6(2)10-12-8-4-3-7(11)5-9(8)13-10;1-2/h3-6,10,12H,1-2H3;1-2H3. The highest BCUT2D eigenvalue weighted by Crippen LogP contribution is 2.41. The normalized spacial score (nSPS) is 17.9. The summed E-state index contributed by atoms with van der Waals surface area (Å²) in [5.41, 5.74) is 1.06. The molecule has 0 aliphatic carbocycles. The molecule has 1 aliphatic rings. The molecule has 0 fully saturated rings. The minimum Gasteiger partial charge on any atom is -0.372 e. The molecular formula is C12H18FNS. The molecule has 1 N–H and O–H groups in total. The fraction of sp³-hybridized carbons (Fsp3) is 0.500. The van der Waals surface area contributed by atoms with Crippen LogP contribution in [0, 0.1) is 11.7 Å². The van der Waals surface area contributed by atoms with E-state index in [9.17, 15) is 4.39 Å². The van der Waals surface area contributed by atoms with Gasteiger partial charge < -0.3 is 5.32 Å². The molecule has 0 radical (unpaired) electrons. The van der Waals surface area contributed by atoms with Gasteiger partial charge in [0.1, 0.15) is 5.82 Å². The molecule has 2 rings (SSSR count). The van der Waals surface area contributed by atoms with E-state index in [4.69, 9.17) is 0 Å². The predicted octanol–water partition coefficient (Wildman–Crippen LogP) is 4.35. The summed E-state index contributed by atoms with van der Waals surface area (Å²) in [5.74, 6) is 0.401. The van der Waals surface area contributed by atoms with Crippen LogP contribution >= 0.6 is 11.8 Å². The lowest BCUT2D eigenvalue weighted by atomic mass is 10.2. The Morgan fingerprint density at radius 2 is 2.00 bits per heavy atom. The lowest BCUT2D eigenvalue weighted by Crippen LogP contribution is -2.16. The molecule has 1 aromatic carbocycles. The fourth-order valence-corrected chi connectivity index (χ4v) is 2.50. The number of fused-ring (bicyclic) bond motifs is 1. The zero-order valence-corrected chi connectivity index (χ0v) is 10.5. The molecule has 1 heterocycles. The second-order valence-electron chi connectivity index (χ2n) is 3.57. The second-order valence-corrected chi connectivity index (χ2v) is 4.75. The Bertz CT molecular complexity index is 325. The molecule has 1 aliphatic heterocycles. The summed E-state index contributed by atoms with van der Waals surface area (Å²) in [5, 5.41) is 3.74. The summed E-state index contributed by atoms with van der Waals surface area (Å²) in [6.45, 7) is 8.32. The van der Waals surface area contributed by atoms with Gasteiger partial charge in [0.15, 0.2) is 0 Å². The Labute approximate surface area is 95.5 Å². The molecule has 1 atom stereocenters. The van der Waals surface area contributed by atoms with Gasteiger partial charge in [-0.2, -0.15) is 0 Å². The molecule has 0 aromatic heterocycles. The van der Waals surface area contributed by atoms with Crippen molar-refractivity contribution >= 4 is 17.4 Å². The molecule has 1 unspecified atom stereocenters. The second kappa shape index (κ2) is 5.40. The van der Waals surface area contributed by atoms with Gasteiger partial charge in [-0.25, -0.2) is 4.39 Å². The van der Waals surface area contributed by atoms with E-state index in [2.05, 4.69) is 19.2 Å². The van der Waals surface area contributed by atoms with Crippen LogP contribution in [0.5, 0.6) is 0 Å². The van der Waals surface area contributed by atoms with Crippen molar-refractivity contribution in [3.63, 3.8) is 0 Å². The lowest BCUT2D eigenvalue weighted by Gasteiger charge is -2.13. The maximum Gasteiger partial charge on any atom is 0.124 e. The van der Waals surface area contributed by atoms with Crippen LogP contribution in [0.25, 0.3) is 0 Å². The van der Waals surface area contributed by atoms with Gasteiger partial charge >= 0.3 is 0 Å². The van der Waals surface area contributed by atoms with Gasteiger partial charge in [-0.15, -0.1) is 0 Å². The van der Waals surface area contributed by atoms with Gasteiger partial charge in [0.25, 0.3) is 0 Å². The van der Waals surface area contributed by atoms with Gasteiger partial charge in [-0.1, -0.05) is 39.5 Å². The smallest absolute Gasteiger partial charge is 0.124 e. The average Bonchev–Trinajstić information content (AvgIpc) is 2.63. The minimum atomic E-state index is -0.155. The summed E-state index contributed by atoms with van der Waals surface area (Å²) in [4.78, 5) is 1.03. The third-order valence-electron chi connectivity index (χ3n) is 2.10. The van der Waals surface area contributed by atoms with Crippen LogP contribution in [0.2, 0.25) is 0 Å². The molecule has 1 aromatic rings. The highest BCUT2D eigenvalue weighted by molar-refractivity contribution is 8.00. The van der Waals surface area contributed by atoms with E-state index in [0.717, 1.165) is 10.6 Å². The van der Waals surface area contributed by atoms with Gasteiger partial charge in [0.05, 0.1) is 5.37 Å². The summed E-state index contributed by atoms with van der Waals surface area (Å²) >= 11 is 1.71. The number of anilines is 1. The maximum absolute atomic E-state index is 12.8. The van der Waals surface area contributed by atoms with Crippen molar-refractivity contribution in [3.8, 4) is 0 Å². The molecule has 0 spiro atoms. The van der Waals surface area contributed by atoms with Crippen molar-refractivity contribution in [2.24, 2.45) is 5.92 Å². The molecule has 0 saturated heterocycles. The van der Waals surface area contributed by atoms with Crippen LogP contribution in [0.15, 0.2) is 23.1 Å². The zero-order chi connectivity index (χ0) is 11.4. The van der Waals surface area contributed by atoms with Crippen LogP contribution in [0.3, 0.4) is 0 Å². The number of hydrogen-bond donors (Lipinski definition) is 1. The van der Waals surface area contributed by atoms with Crippen LogP contribution in [0.4, 0.5) is 10.1 Å². The van der Waals surface area contributed by atoms with Gasteiger partial charge in [-0.05, 0) is 24.1 Å². The van der Waals surface area contributed by atoms with E-state index < -0.39 is 0 Å². The first-order chi connectivity index (χ1) is 7.16. The van der Waals surface area contributed by atoms with Crippen molar-refractivity contribution in [1.29, 1.82) is 0 Å². The molecule has 84 valence electrons. The van der Waals surface area contributed by atoms with E-state index in [1.165, 1.54) is 6.07 Å². The Hall–Kier alpha value is -0.700. The van der Waals surface area contributed by atoms with E-state index in [1.54, 1.807) is 23.9 Å². The van der Waals surface area contributed by atoms with Crippen molar-refractivity contribution in [1.82, 2.24) is 0 Å². The van der Waals surface area contributed by atoms with Crippen molar-refractivity contribution < 1.29 is 4.39 Å². The van der Waals surface area contributed by atoms with Crippen LogP contribution in [-0.2, 0) is 0 Å². The van der Waals surface area contributed by atoms with Gasteiger partial charge in [0, 0.05) is 10.6 Å². The lowest BCUT2D eigenvalue weighted by molar-refractivity contribution is 0.624. The Kier molecular flexibility index (Phi) is 4.45. The largest absolute Gasteiger partial charge is 0.372 e. The zero-order valence-electron chi connectivity index (χ0n) is 9.67. The number of halogens is 1. The predicted molar refractivity (Wildman–Crippen MR) is 65.9 cm³/mol. The Morgan fingerprint density at radius 3 is 2.60 bits per heavy atom. The van der Waals surface area contributed by atoms with Gasteiger partial charge in [-0.3, -0.25) is 0 Å². The molecule has 1 nitrogen and oxygen atoms in total. The number of rotatable bonds is 1. The van der Waals surface area contributed by atoms with Crippen LogP contribution in [0.1, 0.15) is 27.7 Å². The first-order valence-corrected chi connectivity index (χ1v) is 6.27. The highest BCUT2D eigenvalue weighted by atomic mass is 32.2. The Balaban J connectivity index is 0.000000531. The maximum atomic E-state index is 12.8. The Morgan fingerprint density at radius 1 is 1.33 bits per heavy atom. The third kappa shape index (κ3) is 2.88. The average molecular weight is 227 g/mol. The SMILES string of the molecule is CC.CC(C)C1Nc2ccc(F)cc2S1. The highest BCUT2D eigenvalue weighted by Gasteiger charge is 2.23. The number of hydrogen-bond acceptors (Lipinski definition) is 2. The summed E-state index contributed by atoms with van der Waals surface area (Å²) in [6, 6.07) is 4.89. The van der Waals surface area contributed by atoms with Crippen LogP contribution < -0.4 is 5.32 Å². The van der Waals surface area contributed by atoms with Crippen molar-refractivity contribution in [2.75, 3.05) is 5.32 Å². The van der Waals surface area contributed by atoms with Crippen molar-refractivity contribution in [2.45, 2.75) is 38.0 Å². The first-order valence-electron chi connectivity index (χ1n) is 5.39. The van der Waals surface area contributed by atoms with E-state index >= 15 is 0 Å². The minimum absolute atomic E-state index is 0.155. The van der Waals surface area contributed by atoms with E-state index in [0.29, 0.717) is 11.3 Å². The molecule has 15 heavy (non-hydrogen) atoms. The quantitative estimate of drug-likeness (QED) is 0.765. The monoisotopic (exact) mass is 227 g/mol. The first kappa shape index (κ1) is 12.4. The topological polar surface area (TPSA) is 12.0 Å². The summed E-state index contributed by atoms with van der Waals surface area (Å²) < 4.78 is 12.8. The fourth-order valence-electron chi connectivity index (χ4n) is 1.34. The van der Waals surface area contributed by atoms with E-state index in [1.807, 2.05) is 13.8 Å². The molecule has 0 amide bonds. The summed E-state index contributed by atoms with van der Waals surface area (Å²) in [7, 11) is 0. The number of benzene rings is 1. The number of nitrogens with one attached hydrogen (secondary N) is 1. The van der Waals surface area contributed by atoms with Crippen LogP contribution in [-0.4, -0.2) is 5.37 Å². The molecule has 0 saturated carbocycles. The summed E-state index contributed by atoms with van der Waals surface area (Å²) in [6.07, 6.45) is 0. The molecular weight excluding hydrogens is 209 g/mol. The number of thioether (sulfide) groups is 1. The van der Waals surface area contributed by atoms with Gasteiger partial charge in [0.2, 0.25) is 0 Å². The molecule has 3 heteroatoms. The molecule has 0 bridgehead atoms. The third-order valence-corrected chi connectivity index (χ3v) is 3.61.